The van der Waals surface area contributed by atoms with E-state index >= 15 is 0 Å². The first-order valence-corrected chi connectivity index (χ1v) is 9.51. The number of benzene rings is 2. The highest BCUT2D eigenvalue weighted by molar-refractivity contribution is 5.95. The van der Waals surface area contributed by atoms with Gasteiger partial charge in [-0.2, -0.15) is 0 Å². The minimum atomic E-state index is 0.114. The van der Waals surface area contributed by atoms with E-state index in [1.54, 1.807) is 5.01 Å². The Bertz CT molecular complexity index is 598. The summed E-state index contributed by atoms with van der Waals surface area (Å²) in [5, 5.41) is 1.67. The fourth-order valence-electron chi connectivity index (χ4n) is 2.83. The van der Waals surface area contributed by atoms with Crippen molar-refractivity contribution in [1.82, 2.24) is 0 Å². The van der Waals surface area contributed by atoms with Crippen molar-refractivity contribution in [2.75, 3.05) is 10.4 Å². The van der Waals surface area contributed by atoms with Crippen molar-refractivity contribution < 1.29 is 4.79 Å². The Morgan fingerprint density at radius 1 is 0.800 bits per heavy atom. The van der Waals surface area contributed by atoms with E-state index in [1.807, 2.05) is 60.7 Å². The molecule has 0 fully saturated rings. The first kappa shape index (κ1) is 19.0. The van der Waals surface area contributed by atoms with E-state index in [0.29, 0.717) is 6.42 Å². The second kappa shape index (κ2) is 11.3. The minimum Gasteiger partial charge on any atom is -0.291 e. The average molecular weight is 338 g/mol. The molecular formula is C22H30N2O. The van der Waals surface area contributed by atoms with Gasteiger partial charge in [0.2, 0.25) is 5.91 Å². The van der Waals surface area contributed by atoms with Crippen LogP contribution in [0.2, 0.25) is 0 Å². The largest absolute Gasteiger partial charge is 0.291 e. The second-order valence-corrected chi connectivity index (χ2v) is 6.41. The van der Waals surface area contributed by atoms with Crippen LogP contribution in [0.25, 0.3) is 0 Å². The zero-order chi connectivity index (χ0) is 17.7. The van der Waals surface area contributed by atoms with Gasteiger partial charge < -0.3 is 0 Å². The van der Waals surface area contributed by atoms with Crippen LogP contribution < -0.4 is 10.4 Å². The Morgan fingerprint density at radius 3 is 2.00 bits per heavy atom. The van der Waals surface area contributed by atoms with Gasteiger partial charge in [0.05, 0.1) is 11.4 Å². The van der Waals surface area contributed by atoms with Crippen molar-refractivity contribution in [1.29, 1.82) is 0 Å². The van der Waals surface area contributed by atoms with Crippen LogP contribution in [-0.2, 0) is 4.79 Å². The van der Waals surface area contributed by atoms with Gasteiger partial charge in [-0.1, -0.05) is 81.8 Å². The van der Waals surface area contributed by atoms with Crippen molar-refractivity contribution in [3.8, 4) is 0 Å². The predicted octanol–water partition coefficient (Wildman–Crippen LogP) is 6.19. The van der Waals surface area contributed by atoms with Gasteiger partial charge in [0.15, 0.2) is 0 Å². The number of carbonyl (C=O) groups excluding carboxylic acids is 1. The van der Waals surface area contributed by atoms with Crippen LogP contribution >= 0.6 is 0 Å². The third-order valence-electron chi connectivity index (χ3n) is 4.27. The molecule has 1 amide bonds. The molecule has 0 aliphatic heterocycles. The Balaban J connectivity index is 1.88. The summed E-state index contributed by atoms with van der Waals surface area (Å²) in [6, 6.07) is 19.6. The molecule has 0 atom stereocenters. The number of hydrogen-bond acceptors (Lipinski definition) is 2. The molecule has 3 nitrogen and oxygen atoms in total. The third-order valence-corrected chi connectivity index (χ3v) is 4.27. The number of anilines is 2. The van der Waals surface area contributed by atoms with Gasteiger partial charge in [0, 0.05) is 6.42 Å². The van der Waals surface area contributed by atoms with E-state index in [1.165, 1.54) is 32.1 Å². The standard InChI is InChI=1S/C22H30N2O/c1-2-3-4-5-6-7-14-19-22(25)24(21-17-12-9-13-18-21)23-20-15-10-8-11-16-20/h8-13,15-18,23H,2-7,14,19H2,1H3. The Morgan fingerprint density at radius 2 is 1.36 bits per heavy atom. The molecule has 0 radical (unpaired) electrons. The van der Waals surface area contributed by atoms with Crippen LogP contribution in [-0.4, -0.2) is 5.91 Å². The molecule has 134 valence electrons. The quantitative estimate of drug-likeness (QED) is 0.391. The number of nitrogens with zero attached hydrogens (tertiary/aromatic N) is 1. The van der Waals surface area contributed by atoms with Crippen molar-refractivity contribution in [2.24, 2.45) is 0 Å². The molecule has 0 unspecified atom stereocenters. The van der Waals surface area contributed by atoms with Crippen LogP contribution in [0, 0.1) is 0 Å². The topological polar surface area (TPSA) is 32.3 Å². The first-order chi connectivity index (χ1) is 12.3. The smallest absolute Gasteiger partial charge is 0.245 e. The summed E-state index contributed by atoms with van der Waals surface area (Å²) in [6.07, 6.45) is 9.07. The van der Waals surface area contributed by atoms with Crippen LogP contribution in [0.4, 0.5) is 11.4 Å². The zero-order valence-electron chi connectivity index (χ0n) is 15.3. The van der Waals surface area contributed by atoms with E-state index in [-0.39, 0.29) is 5.91 Å². The molecule has 1 N–H and O–H groups in total. The Kier molecular flexibility index (Phi) is 8.60. The number of amides is 1. The lowest BCUT2D eigenvalue weighted by atomic mass is 10.1. The Labute approximate surface area is 152 Å². The molecule has 0 saturated carbocycles. The summed E-state index contributed by atoms with van der Waals surface area (Å²) >= 11 is 0. The monoisotopic (exact) mass is 338 g/mol. The molecule has 0 spiro atoms. The highest BCUT2D eigenvalue weighted by atomic mass is 16.2. The summed E-state index contributed by atoms with van der Waals surface area (Å²) < 4.78 is 0. The van der Waals surface area contributed by atoms with E-state index in [0.717, 1.165) is 24.2 Å². The first-order valence-electron chi connectivity index (χ1n) is 9.51. The second-order valence-electron chi connectivity index (χ2n) is 6.41. The van der Waals surface area contributed by atoms with E-state index in [9.17, 15) is 4.79 Å². The molecule has 0 aromatic heterocycles. The maximum atomic E-state index is 12.7. The summed E-state index contributed by atoms with van der Waals surface area (Å²) in [5.41, 5.74) is 5.04. The van der Waals surface area contributed by atoms with Crippen LogP contribution in [0.15, 0.2) is 60.7 Å². The fourth-order valence-corrected chi connectivity index (χ4v) is 2.83. The zero-order valence-corrected chi connectivity index (χ0v) is 15.3. The van der Waals surface area contributed by atoms with Gasteiger partial charge in [0.25, 0.3) is 0 Å². The van der Waals surface area contributed by atoms with Crippen LogP contribution in [0.1, 0.15) is 58.3 Å². The molecule has 25 heavy (non-hydrogen) atoms. The Hall–Kier alpha value is -2.29. The maximum Gasteiger partial charge on any atom is 0.245 e. The number of rotatable bonds is 11. The predicted molar refractivity (Wildman–Crippen MR) is 107 cm³/mol. The molecular weight excluding hydrogens is 308 g/mol. The van der Waals surface area contributed by atoms with Crippen LogP contribution in [0.3, 0.4) is 0 Å². The van der Waals surface area contributed by atoms with Crippen molar-refractivity contribution >= 4 is 17.3 Å². The third kappa shape index (κ3) is 7.00. The molecule has 2 aromatic rings. The van der Waals surface area contributed by atoms with Gasteiger partial charge >= 0.3 is 0 Å². The summed E-state index contributed by atoms with van der Waals surface area (Å²) in [5.74, 6) is 0.114. The molecule has 0 aliphatic carbocycles. The van der Waals surface area contributed by atoms with Gasteiger partial charge in [-0.3, -0.25) is 10.2 Å². The number of para-hydroxylation sites is 2. The number of hydrazine groups is 1. The lowest BCUT2D eigenvalue weighted by molar-refractivity contribution is -0.118. The molecule has 0 bridgehead atoms. The normalized spacial score (nSPS) is 10.4. The van der Waals surface area contributed by atoms with E-state index < -0.39 is 0 Å². The van der Waals surface area contributed by atoms with Gasteiger partial charge in [0.1, 0.15) is 0 Å². The van der Waals surface area contributed by atoms with E-state index in [4.69, 9.17) is 0 Å². The SMILES string of the molecule is CCCCCCCCCC(=O)N(Nc1ccccc1)c1ccccc1. The van der Waals surface area contributed by atoms with Crippen LogP contribution in [0.5, 0.6) is 0 Å². The number of hydrogen-bond donors (Lipinski definition) is 1. The lowest BCUT2D eigenvalue weighted by Crippen LogP contribution is -2.36. The molecule has 3 heteroatoms. The van der Waals surface area contributed by atoms with E-state index in [2.05, 4.69) is 12.3 Å². The fraction of sp³-hybridized carbons (Fsp3) is 0.409. The average Bonchev–Trinajstić information content (AvgIpc) is 2.67. The lowest BCUT2D eigenvalue weighted by Gasteiger charge is -2.24. The van der Waals surface area contributed by atoms with Gasteiger partial charge in [-0.25, -0.2) is 5.01 Å². The maximum absolute atomic E-state index is 12.7. The number of unbranched alkanes of at least 4 members (excludes halogenated alkanes) is 6. The van der Waals surface area contributed by atoms with Crippen molar-refractivity contribution in [3.05, 3.63) is 60.7 Å². The molecule has 0 heterocycles. The number of carbonyl (C=O) groups is 1. The summed E-state index contributed by atoms with van der Waals surface area (Å²) in [7, 11) is 0. The number of nitrogens with one attached hydrogen (secondary N) is 1. The molecule has 2 aromatic carbocycles. The highest BCUT2D eigenvalue weighted by Crippen LogP contribution is 2.18. The molecule has 2 rings (SSSR count). The summed E-state index contributed by atoms with van der Waals surface area (Å²) in [6.45, 7) is 2.23. The van der Waals surface area contributed by atoms with Gasteiger partial charge in [-0.05, 0) is 30.7 Å². The molecule has 0 saturated heterocycles. The molecule has 0 aliphatic rings. The van der Waals surface area contributed by atoms with Crippen molar-refractivity contribution in [3.63, 3.8) is 0 Å². The summed E-state index contributed by atoms with van der Waals surface area (Å²) in [4.78, 5) is 12.7. The minimum absolute atomic E-state index is 0.114. The highest BCUT2D eigenvalue weighted by Gasteiger charge is 2.15. The van der Waals surface area contributed by atoms with Crippen molar-refractivity contribution in [2.45, 2.75) is 58.3 Å². The van der Waals surface area contributed by atoms with Gasteiger partial charge in [-0.15, -0.1) is 0 Å².